The minimum atomic E-state index is -0.486. The molecule has 12 heteroatoms. The predicted octanol–water partition coefficient (Wildman–Crippen LogP) is 0.493. The van der Waals surface area contributed by atoms with Gasteiger partial charge in [-0.2, -0.15) is 0 Å². The molecule has 0 saturated carbocycles. The number of rotatable bonds is 7. The van der Waals surface area contributed by atoms with Gasteiger partial charge in [0.1, 0.15) is 0 Å². The van der Waals surface area contributed by atoms with Crippen LogP contribution in [-0.4, -0.2) is 38.2 Å². The molecule has 4 rings (SSSR count). The number of carbonyl (C=O) groups excluding carboxylic acids is 1. The van der Waals surface area contributed by atoms with Gasteiger partial charge in [-0.25, -0.2) is 4.79 Å². The molecule has 0 radical (unpaired) electrons. The molecule has 0 fully saturated rings. The first-order valence-corrected chi connectivity index (χ1v) is 10.3. The topological polar surface area (TPSA) is 141 Å². The lowest BCUT2D eigenvalue weighted by molar-refractivity contribution is -0.118. The van der Waals surface area contributed by atoms with Crippen molar-refractivity contribution in [3.8, 4) is 11.5 Å². The van der Waals surface area contributed by atoms with Gasteiger partial charge < -0.3 is 24.2 Å². The van der Waals surface area contributed by atoms with E-state index < -0.39 is 11.2 Å². The molecular formula is C19H19N5O6S. The van der Waals surface area contributed by atoms with Crippen LogP contribution in [0.1, 0.15) is 22.7 Å². The number of amides is 1. The Balaban J connectivity index is 1.30. The molecule has 11 nitrogen and oxygen atoms in total. The van der Waals surface area contributed by atoms with E-state index in [1.165, 1.54) is 7.05 Å². The summed E-state index contributed by atoms with van der Waals surface area (Å²) in [7, 11) is 1.39. The Bertz CT molecular complexity index is 1250. The molecule has 2 N–H and O–H groups in total. The van der Waals surface area contributed by atoms with Crippen LogP contribution in [0.5, 0.6) is 11.5 Å². The zero-order valence-corrected chi connectivity index (χ0v) is 17.6. The Morgan fingerprint density at radius 1 is 1.26 bits per heavy atom. The van der Waals surface area contributed by atoms with Crippen molar-refractivity contribution in [3.63, 3.8) is 0 Å². The van der Waals surface area contributed by atoms with Gasteiger partial charge in [0.2, 0.25) is 18.6 Å². The van der Waals surface area contributed by atoms with Gasteiger partial charge in [0, 0.05) is 24.8 Å². The average Bonchev–Trinajstić information content (AvgIpc) is 3.41. The van der Waals surface area contributed by atoms with E-state index in [2.05, 4.69) is 20.5 Å². The highest BCUT2D eigenvalue weighted by Crippen LogP contribution is 2.32. The number of fused-ring (bicyclic) bond motifs is 1. The Morgan fingerprint density at radius 2 is 2.06 bits per heavy atom. The van der Waals surface area contributed by atoms with Crippen LogP contribution in [0, 0.1) is 6.92 Å². The monoisotopic (exact) mass is 445 g/mol. The number of hydrogen-bond acceptors (Lipinski definition) is 9. The second-order valence-corrected chi connectivity index (χ2v) is 7.72. The van der Waals surface area contributed by atoms with Crippen molar-refractivity contribution >= 4 is 17.7 Å². The Labute approximate surface area is 179 Å². The van der Waals surface area contributed by atoms with Crippen LogP contribution >= 0.6 is 11.8 Å². The number of hydrogen-bond donors (Lipinski definition) is 2. The van der Waals surface area contributed by atoms with E-state index >= 15 is 0 Å². The van der Waals surface area contributed by atoms with E-state index in [0.29, 0.717) is 29.3 Å². The third-order valence-corrected chi connectivity index (χ3v) is 5.46. The maximum absolute atomic E-state index is 12.3. The first-order valence-electron chi connectivity index (χ1n) is 9.30. The Morgan fingerprint density at radius 3 is 2.90 bits per heavy atom. The smallest absolute Gasteiger partial charge is 0.328 e. The molecule has 1 aliphatic heterocycles. The fourth-order valence-electron chi connectivity index (χ4n) is 2.93. The second-order valence-electron chi connectivity index (χ2n) is 6.79. The Hall–Kier alpha value is -3.54. The van der Waals surface area contributed by atoms with Crippen molar-refractivity contribution in [2.45, 2.75) is 25.1 Å². The standard InChI is InChI=1S/C19H19N5O6S/c1-10-12(17(26)24(2)18(27)21-10)6-16-22-23-19(30-16)31-8-15(25)20-7-11-3-4-13-14(5-11)29-9-28-13/h3-5H,6-9H2,1-2H3,(H,20,25)(H,21,27). The van der Waals surface area contributed by atoms with Crippen molar-refractivity contribution in [1.29, 1.82) is 0 Å². The van der Waals surface area contributed by atoms with E-state index in [4.69, 9.17) is 13.9 Å². The highest BCUT2D eigenvalue weighted by Gasteiger charge is 2.16. The van der Waals surface area contributed by atoms with Crippen molar-refractivity contribution < 1.29 is 18.7 Å². The summed E-state index contributed by atoms with van der Waals surface area (Å²) < 4.78 is 17.1. The molecule has 1 aliphatic rings. The molecule has 3 heterocycles. The SMILES string of the molecule is Cc1[nH]c(=O)n(C)c(=O)c1Cc1nnc(SCC(=O)NCc2ccc3c(c2)OCO3)o1. The van der Waals surface area contributed by atoms with Crippen LogP contribution in [0.4, 0.5) is 0 Å². The summed E-state index contributed by atoms with van der Waals surface area (Å²) in [5, 5.41) is 10.8. The molecule has 2 aromatic heterocycles. The summed E-state index contributed by atoms with van der Waals surface area (Å²) in [6.45, 7) is 2.18. The lowest BCUT2D eigenvalue weighted by atomic mass is 10.2. The van der Waals surface area contributed by atoms with Gasteiger partial charge in [0.15, 0.2) is 11.5 Å². The molecule has 0 spiro atoms. The highest BCUT2D eigenvalue weighted by molar-refractivity contribution is 7.99. The third-order valence-electron chi connectivity index (χ3n) is 4.64. The van der Waals surface area contributed by atoms with Gasteiger partial charge in [0.05, 0.1) is 12.2 Å². The molecule has 0 saturated heterocycles. The van der Waals surface area contributed by atoms with Crippen LogP contribution in [0.25, 0.3) is 0 Å². The summed E-state index contributed by atoms with van der Waals surface area (Å²) in [6.07, 6.45) is 0.0825. The van der Waals surface area contributed by atoms with Crippen molar-refractivity contribution in [2.75, 3.05) is 12.5 Å². The predicted molar refractivity (Wildman–Crippen MR) is 109 cm³/mol. The molecule has 31 heavy (non-hydrogen) atoms. The van der Waals surface area contributed by atoms with Crippen LogP contribution < -0.4 is 26.0 Å². The van der Waals surface area contributed by atoms with Crippen LogP contribution in [0.15, 0.2) is 37.4 Å². The maximum Gasteiger partial charge on any atom is 0.328 e. The average molecular weight is 445 g/mol. The quantitative estimate of drug-likeness (QED) is 0.497. The number of aryl methyl sites for hydroxylation is 1. The van der Waals surface area contributed by atoms with Crippen molar-refractivity contribution in [1.82, 2.24) is 25.1 Å². The summed E-state index contributed by atoms with van der Waals surface area (Å²) >= 11 is 1.09. The number of ether oxygens (including phenoxy) is 2. The lowest BCUT2D eigenvalue weighted by Gasteiger charge is -2.05. The zero-order chi connectivity index (χ0) is 22.0. The van der Waals surface area contributed by atoms with E-state index in [-0.39, 0.29) is 36.0 Å². The number of carbonyl (C=O) groups is 1. The van der Waals surface area contributed by atoms with Crippen LogP contribution in [0.3, 0.4) is 0 Å². The zero-order valence-electron chi connectivity index (χ0n) is 16.8. The molecule has 3 aromatic rings. The van der Waals surface area contributed by atoms with E-state index in [1.54, 1.807) is 13.0 Å². The number of nitrogens with zero attached hydrogens (tertiary/aromatic N) is 3. The number of nitrogens with one attached hydrogen (secondary N) is 2. The number of H-pyrrole nitrogens is 1. The minimum absolute atomic E-state index is 0.0825. The third kappa shape index (κ3) is 4.63. The highest BCUT2D eigenvalue weighted by atomic mass is 32.2. The first-order chi connectivity index (χ1) is 14.9. The van der Waals surface area contributed by atoms with Gasteiger partial charge in [-0.1, -0.05) is 17.8 Å². The molecule has 1 aromatic carbocycles. The normalized spacial score (nSPS) is 12.2. The largest absolute Gasteiger partial charge is 0.454 e. The van der Waals surface area contributed by atoms with Gasteiger partial charge in [0.25, 0.3) is 10.8 Å². The summed E-state index contributed by atoms with van der Waals surface area (Å²) in [5.74, 6) is 1.45. The fraction of sp³-hybridized carbons (Fsp3) is 0.316. The number of thioether (sulfide) groups is 1. The molecule has 0 unspecified atom stereocenters. The Kier molecular flexibility index (Phi) is 5.80. The fourth-order valence-corrected chi connectivity index (χ4v) is 3.54. The lowest BCUT2D eigenvalue weighted by Crippen LogP contribution is -2.36. The van der Waals surface area contributed by atoms with Gasteiger partial charge in [-0.3, -0.25) is 14.2 Å². The molecular weight excluding hydrogens is 426 g/mol. The van der Waals surface area contributed by atoms with Crippen LogP contribution in [-0.2, 0) is 24.8 Å². The molecule has 0 aliphatic carbocycles. The molecule has 0 atom stereocenters. The summed E-state index contributed by atoms with van der Waals surface area (Å²) in [6, 6.07) is 5.48. The van der Waals surface area contributed by atoms with E-state index in [9.17, 15) is 14.4 Å². The van der Waals surface area contributed by atoms with Gasteiger partial charge in [-0.05, 0) is 24.6 Å². The van der Waals surface area contributed by atoms with E-state index in [1.807, 2.05) is 12.1 Å². The number of aromatic nitrogens is 4. The first kappa shape index (κ1) is 20.7. The van der Waals surface area contributed by atoms with E-state index in [0.717, 1.165) is 21.9 Å². The van der Waals surface area contributed by atoms with Crippen LogP contribution in [0.2, 0.25) is 0 Å². The molecule has 1 amide bonds. The van der Waals surface area contributed by atoms with Gasteiger partial charge in [-0.15, -0.1) is 10.2 Å². The molecule has 0 bridgehead atoms. The minimum Gasteiger partial charge on any atom is -0.454 e. The maximum atomic E-state index is 12.3. The number of aromatic amines is 1. The van der Waals surface area contributed by atoms with Gasteiger partial charge >= 0.3 is 5.69 Å². The summed E-state index contributed by atoms with van der Waals surface area (Å²) in [5.41, 5.74) is 0.795. The van der Waals surface area contributed by atoms with Crippen molar-refractivity contribution in [3.05, 3.63) is 61.7 Å². The second kappa shape index (κ2) is 8.68. The summed E-state index contributed by atoms with van der Waals surface area (Å²) in [4.78, 5) is 38.6. The van der Waals surface area contributed by atoms with Crippen molar-refractivity contribution in [2.24, 2.45) is 7.05 Å². The number of benzene rings is 1. The molecule has 162 valence electrons.